The van der Waals surface area contributed by atoms with Crippen LogP contribution in [0.25, 0.3) is 88.4 Å². The van der Waals surface area contributed by atoms with Crippen LogP contribution in [0.4, 0.5) is 0 Å². The third-order valence-corrected chi connectivity index (χ3v) is 10.9. The van der Waals surface area contributed by atoms with Crippen molar-refractivity contribution in [3.05, 3.63) is 206 Å². The normalized spacial score (nSPS) is 12.1. The van der Waals surface area contributed by atoms with Gasteiger partial charge in [0.05, 0.1) is 22.1 Å². The average molecular weight is 719 g/mol. The number of aliphatic imine (C=N–C) groups is 1. The van der Waals surface area contributed by atoms with E-state index in [1.807, 2.05) is 24.4 Å². The summed E-state index contributed by atoms with van der Waals surface area (Å²) in [6.07, 6.45) is 3.75. The van der Waals surface area contributed by atoms with Crippen LogP contribution < -0.4 is 5.73 Å². The molecule has 0 saturated carbocycles. The molecule has 0 amide bonds. The lowest BCUT2D eigenvalue weighted by atomic mass is 9.95. The first kappa shape index (κ1) is 33.2. The van der Waals surface area contributed by atoms with Gasteiger partial charge in [-0.2, -0.15) is 0 Å². The van der Waals surface area contributed by atoms with Gasteiger partial charge < -0.3 is 14.9 Å². The van der Waals surface area contributed by atoms with Crippen LogP contribution in [0, 0.1) is 0 Å². The molecule has 0 atom stereocenters. The van der Waals surface area contributed by atoms with Crippen molar-refractivity contribution in [2.75, 3.05) is 0 Å². The fourth-order valence-electron chi connectivity index (χ4n) is 8.14. The number of rotatable bonds is 8. The van der Waals surface area contributed by atoms with Crippen molar-refractivity contribution in [1.82, 2.24) is 9.13 Å². The highest BCUT2D eigenvalue weighted by Gasteiger charge is 2.15. The summed E-state index contributed by atoms with van der Waals surface area (Å²) >= 11 is 0. The highest BCUT2D eigenvalue weighted by atomic mass is 15.1. The molecular formula is C52H38N4. The lowest BCUT2D eigenvalue weighted by Crippen LogP contribution is -1.99. The number of nitrogens with zero attached hydrogens (tertiary/aromatic N) is 3. The van der Waals surface area contributed by atoms with Gasteiger partial charge in [-0.05, 0) is 112 Å². The topological polar surface area (TPSA) is 48.2 Å². The Morgan fingerprint density at radius 2 is 0.911 bits per heavy atom. The summed E-state index contributed by atoms with van der Waals surface area (Å²) in [5, 5.41) is 4.91. The van der Waals surface area contributed by atoms with Gasteiger partial charge in [0.15, 0.2) is 0 Å². The van der Waals surface area contributed by atoms with Crippen LogP contribution in [0.15, 0.2) is 205 Å². The molecule has 0 aliphatic carbocycles. The van der Waals surface area contributed by atoms with Gasteiger partial charge in [0.1, 0.15) is 6.67 Å². The van der Waals surface area contributed by atoms with E-state index in [2.05, 4.69) is 191 Å². The zero-order chi connectivity index (χ0) is 37.4. The Kier molecular flexibility index (Phi) is 8.34. The van der Waals surface area contributed by atoms with Gasteiger partial charge in [0.2, 0.25) is 0 Å². The number of nitrogens with two attached hydrogens (primary N) is 1. The maximum atomic E-state index is 6.76. The first-order chi connectivity index (χ1) is 27.7. The first-order valence-electron chi connectivity index (χ1n) is 19.0. The lowest BCUT2D eigenvalue weighted by molar-refractivity contribution is 0.796. The van der Waals surface area contributed by atoms with E-state index in [1.54, 1.807) is 0 Å². The van der Waals surface area contributed by atoms with Gasteiger partial charge >= 0.3 is 0 Å². The van der Waals surface area contributed by atoms with Crippen LogP contribution in [-0.2, 0) is 6.67 Å². The van der Waals surface area contributed by atoms with Gasteiger partial charge in [-0.15, -0.1) is 0 Å². The molecule has 0 aliphatic rings. The van der Waals surface area contributed by atoms with Crippen LogP contribution >= 0.6 is 0 Å². The Morgan fingerprint density at radius 1 is 0.429 bits per heavy atom. The fourth-order valence-corrected chi connectivity index (χ4v) is 8.14. The molecule has 2 N–H and O–H groups in total. The third kappa shape index (κ3) is 5.94. The second kappa shape index (κ2) is 14.1. The Morgan fingerprint density at radius 3 is 1.55 bits per heavy atom. The number of hydrogen-bond donors (Lipinski definition) is 1. The van der Waals surface area contributed by atoms with Crippen LogP contribution in [0.5, 0.6) is 0 Å². The molecule has 266 valence electrons. The molecule has 0 bridgehead atoms. The number of aromatic nitrogens is 2. The maximum absolute atomic E-state index is 6.76. The molecule has 4 heteroatoms. The number of hydrogen-bond acceptors (Lipinski definition) is 2. The standard InChI is InChI=1S/C52H38N4/c53-48(42-31-40(36-14-4-1-5-15-36)30-41(32-42)37-16-6-2-7-17-37)28-29-54-35-55-49-22-12-10-20-44(49)46-33-38(24-26-50(46)55)39-25-27-52-47(34-39)45-21-11-13-23-51(45)56(52)43-18-8-3-9-19-43/h1-34H,35,53H2/b48-28-,54-29-. The smallest absolute Gasteiger partial charge is 0.114 e. The van der Waals surface area contributed by atoms with Gasteiger partial charge in [0.25, 0.3) is 0 Å². The molecule has 10 rings (SSSR count). The minimum Gasteiger partial charge on any atom is -0.398 e. The second-order valence-electron chi connectivity index (χ2n) is 14.2. The summed E-state index contributed by atoms with van der Waals surface area (Å²) < 4.78 is 4.65. The van der Waals surface area contributed by atoms with Gasteiger partial charge in [-0.1, -0.05) is 127 Å². The molecule has 4 nitrogen and oxygen atoms in total. The summed E-state index contributed by atoms with van der Waals surface area (Å²) in [6.45, 7) is 0.470. The molecule has 0 radical (unpaired) electrons. The predicted molar refractivity (Wildman–Crippen MR) is 237 cm³/mol. The van der Waals surface area contributed by atoms with E-state index in [-0.39, 0.29) is 0 Å². The minimum absolute atomic E-state index is 0.470. The number of fused-ring (bicyclic) bond motifs is 6. The van der Waals surface area contributed by atoms with Gasteiger partial charge in [-0.3, -0.25) is 4.99 Å². The van der Waals surface area contributed by atoms with E-state index in [0.29, 0.717) is 12.4 Å². The van der Waals surface area contributed by atoms with Crippen LogP contribution in [0.1, 0.15) is 5.56 Å². The van der Waals surface area contributed by atoms with Crippen LogP contribution in [0.3, 0.4) is 0 Å². The molecule has 2 aromatic heterocycles. The van der Waals surface area contributed by atoms with Crippen molar-refractivity contribution < 1.29 is 0 Å². The second-order valence-corrected chi connectivity index (χ2v) is 14.2. The van der Waals surface area contributed by atoms with Crippen molar-refractivity contribution in [2.24, 2.45) is 10.7 Å². The quantitative estimate of drug-likeness (QED) is 0.156. The summed E-state index contributed by atoms with van der Waals surface area (Å²) in [5.41, 5.74) is 21.2. The van der Waals surface area contributed by atoms with Crippen LogP contribution in [-0.4, -0.2) is 15.3 Å². The largest absolute Gasteiger partial charge is 0.398 e. The van der Waals surface area contributed by atoms with E-state index >= 15 is 0 Å². The number of para-hydroxylation sites is 3. The fraction of sp³-hybridized carbons (Fsp3) is 0.0192. The molecule has 0 spiro atoms. The van der Waals surface area contributed by atoms with E-state index < -0.39 is 0 Å². The SMILES string of the molecule is N/C(=C\C=N/Cn1c2ccccc2c2cc(-c3ccc4c(c3)c3ccccc3n4-c3ccccc3)ccc21)c1cc(-c2ccccc2)cc(-c2ccccc2)c1. The van der Waals surface area contributed by atoms with E-state index in [1.165, 1.54) is 43.7 Å². The molecule has 0 aliphatic heterocycles. The van der Waals surface area contributed by atoms with E-state index in [0.717, 1.165) is 44.5 Å². The molecule has 56 heavy (non-hydrogen) atoms. The molecule has 0 unspecified atom stereocenters. The minimum atomic E-state index is 0.470. The zero-order valence-corrected chi connectivity index (χ0v) is 30.8. The summed E-state index contributed by atoms with van der Waals surface area (Å²) in [7, 11) is 0. The maximum Gasteiger partial charge on any atom is 0.114 e. The molecule has 8 aromatic carbocycles. The van der Waals surface area contributed by atoms with Crippen molar-refractivity contribution in [3.63, 3.8) is 0 Å². The Bertz CT molecular complexity index is 3040. The Balaban J connectivity index is 0.985. The zero-order valence-electron chi connectivity index (χ0n) is 30.8. The van der Waals surface area contributed by atoms with Crippen LogP contribution in [0.2, 0.25) is 0 Å². The molecule has 10 aromatic rings. The average Bonchev–Trinajstić information content (AvgIpc) is 3.77. The molecule has 0 saturated heterocycles. The van der Waals surface area contributed by atoms with Crippen molar-refractivity contribution in [3.8, 4) is 39.1 Å². The molecule has 2 heterocycles. The summed E-state index contributed by atoms with van der Waals surface area (Å²) in [6, 6.07) is 69.0. The monoisotopic (exact) mass is 718 g/mol. The number of benzene rings is 8. The van der Waals surface area contributed by atoms with Gasteiger partial charge in [-0.25, -0.2) is 0 Å². The van der Waals surface area contributed by atoms with Gasteiger partial charge in [0, 0.05) is 39.1 Å². The Labute approximate surface area is 325 Å². The highest BCUT2D eigenvalue weighted by molar-refractivity contribution is 6.12. The van der Waals surface area contributed by atoms with Crippen molar-refractivity contribution in [1.29, 1.82) is 0 Å². The van der Waals surface area contributed by atoms with E-state index in [4.69, 9.17) is 10.7 Å². The van der Waals surface area contributed by atoms with Crippen molar-refractivity contribution >= 4 is 55.5 Å². The lowest BCUT2D eigenvalue weighted by Gasteiger charge is -2.11. The first-order valence-corrected chi connectivity index (χ1v) is 19.0. The molecule has 0 fully saturated rings. The number of allylic oxidation sites excluding steroid dienone is 1. The third-order valence-electron chi connectivity index (χ3n) is 10.9. The van der Waals surface area contributed by atoms with E-state index in [9.17, 15) is 0 Å². The Hall–Kier alpha value is -7.43. The molecular weight excluding hydrogens is 681 g/mol. The van der Waals surface area contributed by atoms with Crippen molar-refractivity contribution in [2.45, 2.75) is 6.67 Å². The summed E-state index contributed by atoms with van der Waals surface area (Å²) in [4.78, 5) is 4.89. The highest BCUT2D eigenvalue weighted by Crippen LogP contribution is 2.37. The summed E-state index contributed by atoms with van der Waals surface area (Å²) in [5.74, 6) is 0. The predicted octanol–water partition coefficient (Wildman–Crippen LogP) is 12.9.